The molecule has 1 amide bonds. The third-order valence-electron chi connectivity index (χ3n) is 15.5. The van der Waals surface area contributed by atoms with Gasteiger partial charge in [0.15, 0.2) is 28.5 Å². The quantitative estimate of drug-likeness (QED) is 0.0570. The molecule has 10 rings (SSSR count). The number of carbonyl (C=O) groups excluding carboxylic acids is 6. The number of aromatic nitrogens is 1. The monoisotopic (exact) mass is 988 g/mol. The van der Waals surface area contributed by atoms with Gasteiger partial charge < -0.3 is 45.6 Å². The molecule has 0 aliphatic heterocycles. The lowest BCUT2D eigenvalue weighted by molar-refractivity contribution is -0.313. The summed E-state index contributed by atoms with van der Waals surface area (Å²) in [6.07, 6.45) is -0.308. The molecule has 1 saturated carbocycles. The van der Waals surface area contributed by atoms with Gasteiger partial charge in [-0.3, -0.25) is 43.8 Å². The Kier molecular flexibility index (Phi) is 11.7. The zero-order valence-electron chi connectivity index (χ0n) is 40.1. The van der Waals surface area contributed by atoms with Crippen molar-refractivity contribution >= 4 is 40.6 Å². The number of nitrogens with two attached hydrogens (primary N) is 1. The van der Waals surface area contributed by atoms with Gasteiger partial charge in [-0.25, -0.2) is 4.89 Å². The minimum atomic E-state index is -2.75. The number of carbonyl (C=O) groups is 6. The summed E-state index contributed by atoms with van der Waals surface area (Å²) in [6, 6.07) is 16.5. The molecule has 0 unspecified atom stereocenters. The zero-order chi connectivity index (χ0) is 52.5. The highest BCUT2D eigenvalue weighted by Crippen LogP contribution is 2.59. The molecule has 72 heavy (non-hydrogen) atoms. The molecule has 6 aliphatic rings. The lowest BCUT2D eigenvalue weighted by atomic mass is 9.54. The maximum Gasteiger partial charge on any atom is 0.265 e. The van der Waals surface area contributed by atoms with Crippen LogP contribution in [0, 0.1) is 24.7 Å². The number of fused-ring (bicyclic) bond motifs is 6. The molecule has 0 bridgehead atoms. The van der Waals surface area contributed by atoms with Crippen LogP contribution in [0.5, 0.6) is 11.6 Å². The number of aliphatic hydroxyl groups is 5. The second-order valence-corrected chi connectivity index (χ2v) is 19.9. The van der Waals surface area contributed by atoms with Crippen LogP contribution in [0.25, 0.3) is 5.76 Å². The van der Waals surface area contributed by atoms with Crippen molar-refractivity contribution in [2.75, 3.05) is 28.2 Å². The van der Waals surface area contributed by atoms with E-state index in [0.717, 1.165) is 5.56 Å². The van der Waals surface area contributed by atoms with Crippen molar-refractivity contribution < 1.29 is 78.8 Å². The highest BCUT2D eigenvalue weighted by molar-refractivity contribution is 6.37. The van der Waals surface area contributed by atoms with Crippen LogP contribution in [0.3, 0.4) is 0 Å². The molecule has 20 nitrogen and oxygen atoms in total. The molecule has 376 valence electrons. The summed E-state index contributed by atoms with van der Waals surface area (Å²) in [5.41, 5.74) is -3.03. The molecule has 6 aliphatic carbocycles. The first kappa shape index (κ1) is 49.8. The lowest BCUT2D eigenvalue weighted by Crippen LogP contribution is -2.67. The van der Waals surface area contributed by atoms with Gasteiger partial charge in [-0.05, 0) is 95.3 Å². The van der Waals surface area contributed by atoms with Crippen molar-refractivity contribution in [1.29, 1.82) is 0 Å². The van der Waals surface area contributed by atoms with Crippen molar-refractivity contribution in [3.05, 3.63) is 139 Å². The first-order chi connectivity index (χ1) is 33.8. The second-order valence-electron chi connectivity index (χ2n) is 19.9. The van der Waals surface area contributed by atoms with Crippen LogP contribution in [0.1, 0.15) is 87.0 Å². The number of ether oxygens (including phenoxy) is 1. The number of primary amides is 1. The van der Waals surface area contributed by atoms with E-state index >= 15 is 0 Å². The molecular weight excluding hydrogens is 937 g/mol. The maximum absolute atomic E-state index is 14.3. The van der Waals surface area contributed by atoms with Gasteiger partial charge in [0.1, 0.15) is 40.6 Å². The maximum atomic E-state index is 14.3. The van der Waals surface area contributed by atoms with E-state index in [1.54, 1.807) is 51.0 Å². The summed E-state index contributed by atoms with van der Waals surface area (Å²) < 4.78 is 11.5. The second kappa shape index (κ2) is 17.0. The zero-order valence-corrected chi connectivity index (χ0v) is 40.1. The van der Waals surface area contributed by atoms with Gasteiger partial charge in [0.25, 0.3) is 11.8 Å². The third-order valence-corrected chi connectivity index (χ3v) is 15.5. The third kappa shape index (κ3) is 6.67. The first-order valence-corrected chi connectivity index (χ1v) is 22.9. The summed E-state index contributed by atoms with van der Waals surface area (Å²) in [4.78, 5) is 88.9. The Morgan fingerprint density at radius 2 is 1.43 bits per heavy atom. The molecule has 0 saturated heterocycles. The Morgan fingerprint density at radius 3 is 2.06 bits per heavy atom. The van der Waals surface area contributed by atoms with Gasteiger partial charge in [0.05, 0.1) is 28.8 Å². The van der Waals surface area contributed by atoms with Crippen molar-refractivity contribution in [3.63, 3.8) is 0 Å². The van der Waals surface area contributed by atoms with Crippen molar-refractivity contribution in [2.24, 2.45) is 23.5 Å². The van der Waals surface area contributed by atoms with E-state index < -0.39 is 115 Å². The predicted octanol–water partition coefficient (Wildman–Crippen LogP) is 3.21. The number of likely N-dealkylation sites (N-methyl/N-ethyl adjacent to an activating group) is 1. The number of amides is 1. The van der Waals surface area contributed by atoms with Crippen molar-refractivity contribution in [3.8, 4) is 11.6 Å². The van der Waals surface area contributed by atoms with E-state index in [4.69, 9.17) is 19.9 Å². The Bertz CT molecular complexity index is 3170. The molecule has 1 aromatic heterocycles. The van der Waals surface area contributed by atoms with E-state index in [0.29, 0.717) is 11.1 Å². The molecule has 0 spiro atoms. The van der Waals surface area contributed by atoms with Gasteiger partial charge in [-0.2, -0.15) is 0 Å². The summed E-state index contributed by atoms with van der Waals surface area (Å²) in [5.74, 6) is -11.6. The number of nitrogens with zero attached hydrogens (tertiary/aromatic N) is 3. The lowest BCUT2D eigenvalue weighted by Gasteiger charge is -2.53. The number of rotatable bonds is 7. The predicted molar refractivity (Wildman–Crippen MR) is 250 cm³/mol. The average Bonchev–Trinajstić information content (AvgIpc) is 3.75. The summed E-state index contributed by atoms with van der Waals surface area (Å²) in [6.45, 7) is 4.75. The molecule has 9 atom stereocenters. The largest absolute Gasteiger partial charge is 0.508 e. The molecule has 9 N–H and O–H groups in total. The number of benzene rings is 3. The number of aryl methyl sites for hydroxylation is 1. The van der Waals surface area contributed by atoms with E-state index in [-0.39, 0.29) is 64.5 Å². The fourth-order valence-electron chi connectivity index (χ4n) is 12.0. The number of hydrogen-bond donors (Lipinski definition) is 8. The van der Waals surface area contributed by atoms with Crippen LogP contribution in [0.4, 0.5) is 0 Å². The van der Waals surface area contributed by atoms with Crippen LogP contribution >= 0.6 is 0 Å². The van der Waals surface area contributed by atoms with Gasteiger partial charge in [-0.1, -0.05) is 60.7 Å². The van der Waals surface area contributed by atoms with Gasteiger partial charge >= 0.3 is 0 Å². The van der Waals surface area contributed by atoms with E-state index in [9.17, 15) is 64.7 Å². The highest BCUT2D eigenvalue weighted by Gasteiger charge is 2.68. The smallest absolute Gasteiger partial charge is 0.265 e. The number of hydrogen-bond acceptors (Lipinski definition) is 19. The Labute approximate surface area is 410 Å². The average molecular weight is 989 g/mol. The Balaban J connectivity index is 0.000000182. The van der Waals surface area contributed by atoms with Crippen LogP contribution < -0.4 is 10.5 Å². The molecule has 3 aromatic carbocycles. The minimum Gasteiger partial charge on any atom is -0.508 e. The number of aliphatic hydroxyl groups excluding tert-OH is 2. The number of ketones is 5. The molecule has 4 aromatic rings. The number of phenols is 1. The van der Waals surface area contributed by atoms with Crippen molar-refractivity contribution in [2.45, 2.75) is 74.7 Å². The molecule has 1 heterocycles. The number of Topliss-reactive ketones (excluding diaryl/α,β-unsaturated/α-hetero) is 5. The fourth-order valence-corrected chi connectivity index (χ4v) is 12.0. The normalized spacial score (nSPS) is 30.5. The Morgan fingerprint density at radius 1 is 0.792 bits per heavy atom. The highest BCUT2D eigenvalue weighted by atomic mass is 17.1. The summed E-state index contributed by atoms with van der Waals surface area (Å²) in [5, 5.41) is 81.1. The first-order valence-electron chi connectivity index (χ1n) is 22.9. The van der Waals surface area contributed by atoms with Gasteiger partial charge in [-0.15, -0.1) is 0 Å². The summed E-state index contributed by atoms with van der Waals surface area (Å²) in [7, 11) is 6.45. The minimum absolute atomic E-state index is 0.0750. The van der Waals surface area contributed by atoms with Crippen LogP contribution in [-0.4, -0.2) is 131 Å². The van der Waals surface area contributed by atoms with E-state index in [1.807, 2.05) is 30.3 Å². The number of phenolic OH excluding ortho intramolecular Hbond substituents is 1. The molecule has 20 heteroatoms. The van der Waals surface area contributed by atoms with E-state index in [1.165, 1.54) is 44.1 Å². The van der Waals surface area contributed by atoms with Crippen LogP contribution in [0.2, 0.25) is 0 Å². The molecule has 0 radical (unpaired) electrons. The summed E-state index contributed by atoms with van der Waals surface area (Å²) >= 11 is 0. The molecular formula is C52H52N4O16. The molecule has 1 fully saturated rings. The standard InChI is InChI=1S/C30H28N2O8.C22H24N2O8/c1-15-9-8-12-17-20(15)24(33)21-18(29(17,2)40-37)13-19-23(32(3)4)25-22(27(35)30(19,36)26(21)34)28(31-39-25)38-14-16-10-6-5-7-11-16;1-21(31)8-5-4-6-11(25)12(8)16(26)13-9(21)7-10-15(24(2)3)17(27)14(20(23)30)19(29)22(10,32)18(13)28/h5-12,19,23,36-37H,13-14H2,1-4H3;4-6,9-10,15,25-26,29,31-32H,7H2,1-3H3,(H2,23,30)/t19-,23-,29+,30-;9-,10-,15-,21+,22-/m00/s1. The van der Waals surface area contributed by atoms with Crippen LogP contribution in [0.15, 0.2) is 99.3 Å². The van der Waals surface area contributed by atoms with Crippen molar-refractivity contribution in [1.82, 2.24) is 15.0 Å². The van der Waals surface area contributed by atoms with Gasteiger partial charge in [0.2, 0.25) is 17.3 Å². The Hall–Kier alpha value is -7.17. The van der Waals surface area contributed by atoms with E-state index in [2.05, 4.69) is 5.16 Å². The van der Waals surface area contributed by atoms with Gasteiger partial charge in [0, 0.05) is 34.5 Å². The number of aromatic hydroxyl groups is 1. The van der Waals surface area contributed by atoms with Crippen LogP contribution in [-0.2, 0) is 41.9 Å². The topological polar surface area (TPSA) is 321 Å². The fraction of sp³-hybridized carbons (Fsp3) is 0.365. The SMILES string of the molecule is CN(C)[C@@H]1C(=O)C(C(N)=O)=C(O)[C@@]2(O)C(=O)C3=C(O)c4c(O)cccc4[C@@](C)(O)[C@H]3C[C@@H]12.Cc1cccc2c1C(=O)C1=C(C[C@H]3[C@H](N(C)C)c4onc(OCc5ccccc5)c4C(=O)[C@@]3(O)C1=O)[C@]2(C)OO.